The van der Waals surface area contributed by atoms with Crippen molar-refractivity contribution in [2.24, 2.45) is 0 Å². The number of carbonyl (C=O) groups excluding carboxylic acids is 2. The van der Waals surface area contributed by atoms with E-state index < -0.39 is 26.5 Å². The molecule has 0 rings (SSSR count). The first kappa shape index (κ1) is 50.8. The summed E-state index contributed by atoms with van der Waals surface area (Å²) in [6, 6.07) is 0. The minimum Gasteiger partial charge on any atom is -0.462 e. The summed E-state index contributed by atoms with van der Waals surface area (Å²) in [5, 5.41) is 0. The van der Waals surface area contributed by atoms with Crippen LogP contribution in [0.25, 0.3) is 0 Å². The number of esters is 2. The Morgan fingerprint density at radius 2 is 0.981 bits per heavy atom. The van der Waals surface area contributed by atoms with Crippen molar-refractivity contribution in [1.82, 2.24) is 0 Å². The second-order valence-electron chi connectivity index (χ2n) is 15.7. The Bertz CT molecular complexity index is 907. The highest BCUT2D eigenvalue weighted by atomic mass is 31.2. The number of ether oxygens (including phenoxy) is 2. The summed E-state index contributed by atoms with van der Waals surface area (Å²) in [5.74, 6) is -0.809. The molecule has 1 unspecified atom stereocenters. The zero-order chi connectivity index (χ0) is 38.6. The molecule has 0 aromatic rings. The van der Waals surface area contributed by atoms with Crippen LogP contribution in [0.15, 0.2) is 12.2 Å². The molecule has 9 nitrogen and oxygen atoms in total. The summed E-state index contributed by atoms with van der Waals surface area (Å²) in [6.07, 6.45) is 35.4. The standard InChI is InChI=1S/C42H82NO8P/c1-6-8-10-12-14-16-18-20-21-23-24-26-28-30-32-34-41(44)48-38-40(39-50-52(46,47)49-37-36-43(3,4)5)51-42(45)35-33-31-29-27-25-22-19-17-15-13-11-9-7-2/h22,25,40H,6-21,23-24,26-39H2,1-5H3/p+1/b25-22+/t40-/m1/s1. The van der Waals surface area contributed by atoms with Gasteiger partial charge in [-0.3, -0.25) is 18.6 Å². The number of hydrogen-bond acceptors (Lipinski definition) is 7. The SMILES string of the molecule is CCCCCCCC/C=C/CCCCCC(=O)O[C@H](COC(=O)CCCCCCCCCCCCCCCCC)COP(=O)(O)OCC[N+](C)(C)C. The van der Waals surface area contributed by atoms with Crippen molar-refractivity contribution in [2.45, 2.75) is 200 Å². The minimum absolute atomic E-state index is 0.0320. The van der Waals surface area contributed by atoms with Gasteiger partial charge in [0.1, 0.15) is 19.8 Å². The second-order valence-corrected chi connectivity index (χ2v) is 17.2. The third-order valence-electron chi connectivity index (χ3n) is 9.30. The molecule has 0 heterocycles. The van der Waals surface area contributed by atoms with Crippen molar-refractivity contribution in [1.29, 1.82) is 0 Å². The summed E-state index contributed by atoms with van der Waals surface area (Å²) in [7, 11) is 1.48. The summed E-state index contributed by atoms with van der Waals surface area (Å²) in [6.45, 7) is 4.41. The maximum atomic E-state index is 12.6. The Balaban J connectivity index is 4.37. The van der Waals surface area contributed by atoms with Crippen molar-refractivity contribution in [3.05, 3.63) is 12.2 Å². The van der Waals surface area contributed by atoms with E-state index in [0.29, 0.717) is 23.9 Å². The van der Waals surface area contributed by atoms with Gasteiger partial charge in [0.15, 0.2) is 6.10 Å². The molecule has 0 spiro atoms. The molecule has 0 aliphatic carbocycles. The van der Waals surface area contributed by atoms with Gasteiger partial charge < -0.3 is 18.9 Å². The lowest BCUT2D eigenvalue weighted by atomic mass is 10.0. The van der Waals surface area contributed by atoms with E-state index in [1.807, 2.05) is 21.1 Å². The molecule has 52 heavy (non-hydrogen) atoms. The van der Waals surface area contributed by atoms with Crippen LogP contribution in [0, 0.1) is 0 Å². The van der Waals surface area contributed by atoms with Crippen LogP contribution in [0.4, 0.5) is 0 Å². The molecule has 0 saturated carbocycles. The van der Waals surface area contributed by atoms with Gasteiger partial charge in [0.2, 0.25) is 0 Å². The van der Waals surface area contributed by atoms with Crippen LogP contribution in [0.5, 0.6) is 0 Å². The van der Waals surface area contributed by atoms with Crippen LogP contribution >= 0.6 is 7.82 Å². The molecule has 0 radical (unpaired) electrons. The molecule has 10 heteroatoms. The fourth-order valence-corrected chi connectivity index (χ4v) is 6.63. The number of quaternary nitrogens is 1. The highest BCUT2D eigenvalue weighted by molar-refractivity contribution is 7.47. The topological polar surface area (TPSA) is 108 Å². The van der Waals surface area contributed by atoms with Crippen LogP contribution in [-0.2, 0) is 32.7 Å². The van der Waals surface area contributed by atoms with Gasteiger partial charge in [-0.1, -0.05) is 154 Å². The number of allylic oxidation sites excluding steroid dienone is 2. The van der Waals surface area contributed by atoms with E-state index in [0.717, 1.165) is 44.9 Å². The molecular formula is C42H83NO8P+. The number of phosphoric ester groups is 1. The van der Waals surface area contributed by atoms with Gasteiger partial charge in [0, 0.05) is 12.8 Å². The Kier molecular flexibility index (Phi) is 34.6. The quantitative estimate of drug-likeness (QED) is 0.0217. The summed E-state index contributed by atoms with van der Waals surface area (Å²) in [4.78, 5) is 35.3. The average molecular weight is 761 g/mol. The van der Waals surface area contributed by atoms with Crippen molar-refractivity contribution in [3.8, 4) is 0 Å². The van der Waals surface area contributed by atoms with Gasteiger partial charge in [-0.05, 0) is 38.5 Å². The number of hydrogen-bond donors (Lipinski definition) is 1. The van der Waals surface area contributed by atoms with E-state index in [1.165, 1.54) is 116 Å². The molecule has 0 fully saturated rings. The smallest absolute Gasteiger partial charge is 0.462 e. The fraction of sp³-hybridized carbons (Fsp3) is 0.905. The Morgan fingerprint density at radius 3 is 1.44 bits per heavy atom. The Hall–Kier alpha value is -1.25. The molecule has 0 bridgehead atoms. The monoisotopic (exact) mass is 761 g/mol. The lowest BCUT2D eigenvalue weighted by Gasteiger charge is -2.24. The molecule has 0 saturated heterocycles. The third kappa shape index (κ3) is 38.5. The number of unbranched alkanes of at least 4 members (excludes halogenated alkanes) is 23. The predicted molar refractivity (Wildman–Crippen MR) is 215 cm³/mol. The lowest BCUT2D eigenvalue weighted by molar-refractivity contribution is -0.870. The third-order valence-corrected chi connectivity index (χ3v) is 10.3. The lowest BCUT2D eigenvalue weighted by Crippen LogP contribution is -2.37. The maximum absolute atomic E-state index is 12.6. The van der Waals surface area contributed by atoms with Crippen LogP contribution in [0.3, 0.4) is 0 Å². The van der Waals surface area contributed by atoms with Gasteiger partial charge >= 0.3 is 19.8 Å². The van der Waals surface area contributed by atoms with Gasteiger partial charge in [0.05, 0.1) is 27.7 Å². The number of likely N-dealkylation sites (N-methyl/N-ethyl adjacent to an activating group) is 1. The van der Waals surface area contributed by atoms with Crippen LogP contribution < -0.4 is 0 Å². The van der Waals surface area contributed by atoms with Crippen molar-refractivity contribution < 1.29 is 42.1 Å². The molecule has 0 aliphatic rings. The van der Waals surface area contributed by atoms with Crippen molar-refractivity contribution in [2.75, 3.05) is 47.5 Å². The molecule has 1 N–H and O–H groups in total. The average Bonchev–Trinajstić information content (AvgIpc) is 3.09. The number of nitrogens with zero attached hydrogens (tertiary/aromatic N) is 1. The van der Waals surface area contributed by atoms with Gasteiger partial charge in [-0.25, -0.2) is 4.57 Å². The van der Waals surface area contributed by atoms with Gasteiger partial charge in [-0.15, -0.1) is 0 Å². The largest absolute Gasteiger partial charge is 0.472 e. The molecule has 0 aliphatic heterocycles. The van der Waals surface area contributed by atoms with Gasteiger partial charge in [0.25, 0.3) is 0 Å². The number of phosphoric acid groups is 1. The molecule has 0 aromatic heterocycles. The number of carbonyl (C=O) groups is 2. The number of rotatable bonds is 39. The summed E-state index contributed by atoms with van der Waals surface area (Å²) < 4.78 is 34.2. The fourth-order valence-electron chi connectivity index (χ4n) is 5.89. The first-order chi connectivity index (χ1) is 25.0. The maximum Gasteiger partial charge on any atom is 0.472 e. The van der Waals surface area contributed by atoms with Gasteiger partial charge in [-0.2, -0.15) is 0 Å². The van der Waals surface area contributed by atoms with E-state index >= 15 is 0 Å². The van der Waals surface area contributed by atoms with Crippen molar-refractivity contribution in [3.63, 3.8) is 0 Å². The van der Waals surface area contributed by atoms with E-state index in [4.69, 9.17) is 18.5 Å². The molecule has 2 atom stereocenters. The normalized spacial score (nSPS) is 13.7. The van der Waals surface area contributed by atoms with Crippen molar-refractivity contribution >= 4 is 19.8 Å². The Morgan fingerprint density at radius 1 is 0.577 bits per heavy atom. The highest BCUT2D eigenvalue weighted by Gasteiger charge is 2.27. The van der Waals surface area contributed by atoms with Crippen LogP contribution in [0.2, 0.25) is 0 Å². The zero-order valence-corrected chi connectivity index (χ0v) is 35.5. The minimum atomic E-state index is -4.37. The van der Waals surface area contributed by atoms with Crippen LogP contribution in [-0.4, -0.2) is 74.9 Å². The second kappa shape index (κ2) is 35.5. The van der Waals surface area contributed by atoms with E-state index in [1.54, 1.807) is 0 Å². The first-order valence-electron chi connectivity index (χ1n) is 21.4. The molecule has 0 aromatic carbocycles. The highest BCUT2D eigenvalue weighted by Crippen LogP contribution is 2.43. The summed E-state index contributed by atoms with van der Waals surface area (Å²) in [5.41, 5.74) is 0. The first-order valence-corrected chi connectivity index (χ1v) is 22.9. The van der Waals surface area contributed by atoms with E-state index in [9.17, 15) is 19.0 Å². The Labute approximate surface area is 320 Å². The zero-order valence-electron chi connectivity index (χ0n) is 34.6. The predicted octanol–water partition coefficient (Wildman–Crippen LogP) is 11.8. The molecule has 308 valence electrons. The van der Waals surface area contributed by atoms with E-state index in [2.05, 4.69) is 26.0 Å². The molecule has 0 amide bonds. The van der Waals surface area contributed by atoms with Crippen LogP contribution in [0.1, 0.15) is 194 Å². The summed E-state index contributed by atoms with van der Waals surface area (Å²) >= 11 is 0. The van der Waals surface area contributed by atoms with E-state index in [-0.39, 0.29) is 25.6 Å². The molecular weight excluding hydrogens is 677 g/mol.